The molecule has 0 saturated carbocycles. The van der Waals surface area contributed by atoms with Crippen LogP contribution in [0.3, 0.4) is 0 Å². The number of hydrogen-bond acceptors (Lipinski definition) is 3. The van der Waals surface area contributed by atoms with Gasteiger partial charge in [0.25, 0.3) is 5.91 Å². The van der Waals surface area contributed by atoms with E-state index in [2.05, 4.69) is 5.32 Å². The summed E-state index contributed by atoms with van der Waals surface area (Å²) in [6.07, 6.45) is 0. The van der Waals surface area contributed by atoms with E-state index in [0.29, 0.717) is 16.3 Å². The number of carbonyl (C=O) groups excluding carboxylic acids is 1. The molecule has 0 bridgehead atoms. The van der Waals surface area contributed by atoms with E-state index in [0.717, 1.165) is 0 Å². The second-order valence-corrected chi connectivity index (χ2v) is 5.61. The van der Waals surface area contributed by atoms with Gasteiger partial charge in [0.05, 0.1) is 11.1 Å². The highest BCUT2D eigenvalue weighted by Gasteiger charge is 2.20. The van der Waals surface area contributed by atoms with Crippen molar-refractivity contribution in [2.24, 2.45) is 0 Å². The zero-order valence-corrected chi connectivity index (χ0v) is 13.6. The highest BCUT2D eigenvalue weighted by molar-refractivity contribution is 6.33. The van der Waals surface area contributed by atoms with Crippen molar-refractivity contribution >= 4 is 17.5 Å². The molecule has 0 radical (unpaired) electrons. The first-order valence-electron chi connectivity index (χ1n) is 7.40. The average Bonchev–Trinajstić information content (AvgIpc) is 3.10. The van der Waals surface area contributed by atoms with E-state index < -0.39 is 17.8 Å². The molecule has 4 nitrogen and oxygen atoms in total. The molecular formula is C19H12ClFN2O2. The number of nitrogens with zero attached hydrogens (tertiary/aromatic N) is 1. The summed E-state index contributed by atoms with van der Waals surface area (Å²) in [5.74, 6) is -0.750. The van der Waals surface area contributed by atoms with E-state index in [1.165, 1.54) is 24.3 Å². The summed E-state index contributed by atoms with van der Waals surface area (Å²) in [4.78, 5) is 12.3. The first-order valence-corrected chi connectivity index (χ1v) is 7.77. The van der Waals surface area contributed by atoms with Crippen LogP contribution in [-0.2, 0) is 0 Å². The van der Waals surface area contributed by atoms with Gasteiger partial charge in [-0.05, 0) is 30.3 Å². The number of amides is 1. The van der Waals surface area contributed by atoms with E-state index in [-0.39, 0.29) is 11.3 Å². The molecule has 1 unspecified atom stereocenters. The fourth-order valence-electron chi connectivity index (χ4n) is 2.36. The predicted octanol–water partition coefficient (Wildman–Crippen LogP) is 4.73. The second kappa shape index (κ2) is 7.20. The lowest BCUT2D eigenvalue weighted by Crippen LogP contribution is -2.27. The molecule has 25 heavy (non-hydrogen) atoms. The first kappa shape index (κ1) is 16.7. The van der Waals surface area contributed by atoms with Gasteiger partial charge < -0.3 is 9.73 Å². The summed E-state index contributed by atoms with van der Waals surface area (Å²) in [6.45, 7) is 0. The minimum atomic E-state index is -1.12. The van der Waals surface area contributed by atoms with Crippen LogP contribution in [0.15, 0.2) is 65.1 Å². The highest BCUT2D eigenvalue weighted by atomic mass is 35.5. The molecule has 1 atom stereocenters. The summed E-state index contributed by atoms with van der Waals surface area (Å²) in [5, 5.41) is 12.2. The number of hydrogen-bond donors (Lipinski definition) is 1. The van der Waals surface area contributed by atoms with E-state index in [9.17, 15) is 14.4 Å². The van der Waals surface area contributed by atoms with Crippen molar-refractivity contribution in [2.45, 2.75) is 6.04 Å². The molecule has 1 N–H and O–H groups in total. The Bertz CT molecular complexity index is 962. The van der Waals surface area contributed by atoms with Gasteiger partial charge in [-0.1, -0.05) is 41.9 Å². The molecule has 0 aliphatic carbocycles. The quantitative estimate of drug-likeness (QED) is 0.736. The SMILES string of the molecule is N#CC(NC(=O)c1ccc(-c2ccccc2Cl)o1)c1ccccc1F. The topological polar surface area (TPSA) is 66.0 Å². The van der Waals surface area contributed by atoms with Gasteiger partial charge in [0, 0.05) is 11.1 Å². The third kappa shape index (κ3) is 3.54. The van der Waals surface area contributed by atoms with Crippen LogP contribution in [0.4, 0.5) is 4.39 Å². The van der Waals surface area contributed by atoms with Crippen LogP contribution in [0, 0.1) is 17.1 Å². The summed E-state index contributed by atoms with van der Waals surface area (Å²) in [6, 6.07) is 16.7. The molecule has 1 heterocycles. The fourth-order valence-corrected chi connectivity index (χ4v) is 2.59. The maximum Gasteiger partial charge on any atom is 0.288 e. The van der Waals surface area contributed by atoms with Crippen LogP contribution in [0.5, 0.6) is 0 Å². The Morgan fingerprint density at radius 2 is 1.84 bits per heavy atom. The van der Waals surface area contributed by atoms with Crippen LogP contribution in [0.2, 0.25) is 5.02 Å². The van der Waals surface area contributed by atoms with Crippen LogP contribution < -0.4 is 5.32 Å². The minimum absolute atomic E-state index is 0.00603. The highest BCUT2D eigenvalue weighted by Crippen LogP contribution is 2.29. The molecule has 3 rings (SSSR count). The molecule has 3 aromatic rings. The summed E-state index contributed by atoms with van der Waals surface area (Å²) >= 11 is 6.11. The van der Waals surface area contributed by atoms with Crippen molar-refractivity contribution in [1.82, 2.24) is 5.32 Å². The van der Waals surface area contributed by atoms with Crippen molar-refractivity contribution < 1.29 is 13.6 Å². The maximum absolute atomic E-state index is 13.8. The summed E-state index contributed by atoms with van der Waals surface area (Å²) in [5.41, 5.74) is 0.741. The van der Waals surface area contributed by atoms with Gasteiger partial charge in [0.15, 0.2) is 5.76 Å². The standard InChI is InChI=1S/C19H12ClFN2O2/c20-14-7-3-1-5-12(14)17-9-10-18(25-17)19(24)23-16(11-22)13-6-2-4-8-15(13)21/h1-10,16H,(H,23,24). The molecule has 0 saturated heterocycles. The third-order valence-corrected chi connectivity index (χ3v) is 3.92. The Morgan fingerprint density at radius 1 is 1.12 bits per heavy atom. The van der Waals surface area contributed by atoms with Gasteiger partial charge in [0.1, 0.15) is 17.6 Å². The Hall–Kier alpha value is -3.10. The molecule has 0 aliphatic heterocycles. The molecule has 2 aromatic carbocycles. The van der Waals surface area contributed by atoms with E-state index >= 15 is 0 Å². The van der Waals surface area contributed by atoms with Gasteiger partial charge in [-0.2, -0.15) is 5.26 Å². The monoisotopic (exact) mass is 354 g/mol. The molecular weight excluding hydrogens is 343 g/mol. The normalized spacial score (nSPS) is 11.6. The van der Waals surface area contributed by atoms with E-state index in [1.807, 2.05) is 6.07 Å². The second-order valence-electron chi connectivity index (χ2n) is 5.20. The van der Waals surface area contributed by atoms with Crippen LogP contribution in [0.25, 0.3) is 11.3 Å². The molecule has 124 valence electrons. The zero-order chi connectivity index (χ0) is 17.8. The van der Waals surface area contributed by atoms with Gasteiger partial charge in [-0.3, -0.25) is 4.79 Å². The van der Waals surface area contributed by atoms with Gasteiger partial charge in [-0.15, -0.1) is 0 Å². The number of carbonyl (C=O) groups is 1. The van der Waals surface area contributed by atoms with Crippen LogP contribution >= 0.6 is 11.6 Å². The summed E-state index contributed by atoms with van der Waals surface area (Å²) < 4.78 is 19.3. The molecule has 0 aliphatic rings. The molecule has 6 heteroatoms. The molecule has 0 spiro atoms. The molecule has 1 amide bonds. The van der Waals surface area contributed by atoms with Crippen molar-refractivity contribution in [3.63, 3.8) is 0 Å². The van der Waals surface area contributed by atoms with Gasteiger partial charge >= 0.3 is 0 Å². The van der Waals surface area contributed by atoms with Crippen molar-refractivity contribution in [3.05, 3.63) is 82.8 Å². The van der Waals surface area contributed by atoms with Gasteiger partial charge in [-0.25, -0.2) is 4.39 Å². The fraction of sp³-hybridized carbons (Fsp3) is 0.0526. The molecule has 1 aromatic heterocycles. The Morgan fingerprint density at radius 3 is 2.56 bits per heavy atom. The lowest BCUT2D eigenvalue weighted by atomic mass is 10.1. The number of nitrogens with one attached hydrogen (secondary N) is 1. The predicted molar refractivity (Wildman–Crippen MR) is 91.4 cm³/mol. The van der Waals surface area contributed by atoms with Crippen molar-refractivity contribution in [3.8, 4) is 17.4 Å². The number of rotatable bonds is 4. The lowest BCUT2D eigenvalue weighted by Gasteiger charge is -2.11. The first-order chi connectivity index (χ1) is 12.1. The zero-order valence-electron chi connectivity index (χ0n) is 12.9. The largest absolute Gasteiger partial charge is 0.451 e. The lowest BCUT2D eigenvalue weighted by molar-refractivity contribution is 0.0917. The maximum atomic E-state index is 13.8. The van der Waals surface area contributed by atoms with Gasteiger partial charge in [0.2, 0.25) is 0 Å². The number of benzene rings is 2. The van der Waals surface area contributed by atoms with E-state index in [4.69, 9.17) is 16.0 Å². The van der Waals surface area contributed by atoms with Crippen LogP contribution in [-0.4, -0.2) is 5.91 Å². The van der Waals surface area contributed by atoms with Crippen molar-refractivity contribution in [1.29, 1.82) is 5.26 Å². The number of halogens is 2. The van der Waals surface area contributed by atoms with E-state index in [1.54, 1.807) is 36.4 Å². The number of nitriles is 1. The van der Waals surface area contributed by atoms with Crippen molar-refractivity contribution in [2.75, 3.05) is 0 Å². The Kier molecular flexibility index (Phi) is 4.82. The van der Waals surface area contributed by atoms with Crippen LogP contribution in [0.1, 0.15) is 22.2 Å². The minimum Gasteiger partial charge on any atom is -0.451 e. The number of furan rings is 1. The third-order valence-electron chi connectivity index (χ3n) is 3.59. The average molecular weight is 355 g/mol. The summed E-state index contributed by atoms with van der Waals surface area (Å²) in [7, 11) is 0. The smallest absolute Gasteiger partial charge is 0.288 e. The Balaban J connectivity index is 1.81. The Labute approximate surface area is 148 Å². The molecule has 0 fully saturated rings.